The number of nitrogens with zero attached hydrogens (tertiary/aromatic N) is 2. The zero-order valence-electron chi connectivity index (χ0n) is 10.6. The first-order chi connectivity index (χ1) is 8.70. The van der Waals surface area contributed by atoms with E-state index in [1.54, 1.807) is 6.20 Å². The standard InChI is InChI=1S/C13H19BrClN3/c1-2-6-18(9-11-4-3-5-16-11)13-12(14)7-10(15)8-17-13/h7-8,11,16H,2-6,9H2,1H3. The first kappa shape index (κ1) is 14.1. The number of rotatable bonds is 5. The van der Waals surface area contributed by atoms with E-state index >= 15 is 0 Å². The van der Waals surface area contributed by atoms with Crippen molar-refractivity contribution in [2.24, 2.45) is 0 Å². The van der Waals surface area contributed by atoms with Gasteiger partial charge in [-0.05, 0) is 47.8 Å². The van der Waals surface area contributed by atoms with Gasteiger partial charge in [0, 0.05) is 25.3 Å². The molecule has 0 aliphatic carbocycles. The zero-order chi connectivity index (χ0) is 13.0. The Morgan fingerprint density at radius 3 is 3.06 bits per heavy atom. The maximum Gasteiger partial charge on any atom is 0.143 e. The van der Waals surface area contributed by atoms with Crippen LogP contribution in [0.2, 0.25) is 5.02 Å². The lowest BCUT2D eigenvalue weighted by Gasteiger charge is -2.27. The van der Waals surface area contributed by atoms with Gasteiger partial charge >= 0.3 is 0 Å². The van der Waals surface area contributed by atoms with Crippen molar-refractivity contribution in [1.29, 1.82) is 0 Å². The molecule has 1 atom stereocenters. The number of hydrogen-bond acceptors (Lipinski definition) is 3. The summed E-state index contributed by atoms with van der Waals surface area (Å²) in [6, 6.07) is 2.50. The summed E-state index contributed by atoms with van der Waals surface area (Å²) in [4.78, 5) is 6.79. The first-order valence-corrected chi connectivity index (χ1v) is 7.67. The van der Waals surface area contributed by atoms with E-state index in [0.717, 1.165) is 36.3 Å². The molecule has 2 rings (SSSR count). The molecular formula is C13H19BrClN3. The highest BCUT2D eigenvalue weighted by Crippen LogP contribution is 2.27. The molecule has 18 heavy (non-hydrogen) atoms. The highest BCUT2D eigenvalue weighted by molar-refractivity contribution is 9.10. The van der Waals surface area contributed by atoms with Crippen LogP contribution >= 0.6 is 27.5 Å². The van der Waals surface area contributed by atoms with Crippen molar-refractivity contribution >= 4 is 33.3 Å². The lowest BCUT2D eigenvalue weighted by atomic mass is 10.2. The second-order valence-electron chi connectivity index (χ2n) is 4.70. The second kappa shape index (κ2) is 6.73. The van der Waals surface area contributed by atoms with E-state index in [-0.39, 0.29) is 0 Å². The number of hydrogen-bond donors (Lipinski definition) is 1. The van der Waals surface area contributed by atoms with Gasteiger partial charge in [0.25, 0.3) is 0 Å². The van der Waals surface area contributed by atoms with Gasteiger partial charge < -0.3 is 10.2 Å². The van der Waals surface area contributed by atoms with Gasteiger partial charge in [-0.2, -0.15) is 0 Å². The van der Waals surface area contributed by atoms with Crippen LogP contribution in [0.3, 0.4) is 0 Å². The number of aromatic nitrogens is 1. The van der Waals surface area contributed by atoms with Crippen molar-refractivity contribution in [3.8, 4) is 0 Å². The van der Waals surface area contributed by atoms with Crippen LogP contribution < -0.4 is 10.2 Å². The molecule has 2 heterocycles. The average molecular weight is 333 g/mol. The molecule has 1 saturated heterocycles. The molecule has 0 bridgehead atoms. The molecule has 100 valence electrons. The summed E-state index contributed by atoms with van der Waals surface area (Å²) < 4.78 is 0.974. The SMILES string of the molecule is CCCN(CC1CCCN1)c1ncc(Cl)cc1Br. The van der Waals surface area contributed by atoms with Gasteiger partial charge in [0.1, 0.15) is 5.82 Å². The van der Waals surface area contributed by atoms with E-state index in [9.17, 15) is 0 Å². The summed E-state index contributed by atoms with van der Waals surface area (Å²) in [6.45, 7) is 5.37. The molecule has 3 nitrogen and oxygen atoms in total. The summed E-state index contributed by atoms with van der Waals surface area (Å²) in [5.41, 5.74) is 0. The van der Waals surface area contributed by atoms with E-state index < -0.39 is 0 Å². The quantitative estimate of drug-likeness (QED) is 0.895. The van der Waals surface area contributed by atoms with Crippen LogP contribution in [-0.4, -0.2) is 30.7 Å². The Morgan fingerprint density at radius 1 is 1.61 bits per heavy atom. The number of anilines is 1. The molecule has 1 aliphatic heterocycles. The van der Waals surface area contributed by atoms with Crippen molar-refractivity contribution in [2.75, 3.05) is 24.5 Å². The van der Waals surface area contributed by atoms with Crippen LogP contribution in [0.25, 0.3) is 0 Å². The van der Waals surface area contributed by atoms with Crippen LogP contribution in [0.5, 0.6) is 0 Å². The van der Waals surface area contributed by atoms with Gasteiger partial charge in [-0.15, -0.1) is 0 Å². The predicted molar refractivity (Wildman–Crippen MR) is 80.5 cm³/mol. The maximum absolute atomic E-state index is 5.95. The molecule has 0 amide bonds. The van der Waals surface area contributed by atoms with Crippen LogP contribution in [0, 0.1) is 0 Å². The molecule has 0 spiro atoms. The topological polar surface area (TPSA) is 28.2 Å². The van der Waals surface area contributed by atoms with Gasteiger partial charge in [0.05, 0.1) is 9.50 Å². The first-order valence-electron chi connectivity index (χ1n) is 6.50. The van der Waals surface area contributed by atoms with E-state index in [4.69, 9.17) is 11.6 Å². The third-order valence-corrected chi connectivity index (χ3v) is 3.97. The number of halogens is 2. The molecular weight excluding hydrogens is 314 g/mol. The molecule has 1 unspecified atom stereocenters. The molecule has 1 fully saturated rings. The summed E-state index contributed by atoms with van der Waals surface area (Å²) >= 11 is 9.50. The maximum atomic E-state index is 5.95. The van der Waals surface area contributed by atoms with Crippen molar-refractivity contribution in [1.82, 2.24) is 10.3 Å². The molecule has 0 aromatic carbocycles. The van der Waals surface area contributed by atoms with Gasteiger partial charge in [-0.1, -0.05) is 18.5 Å². The van der Waals surface area contributed by atoms with Crippen LogP contribution in [-0.2, 0) is 0 Å². The normalized spacial score (nSPS) is 19.2. The highest BCUT2D eigenvalue weighted by atomic mass is 79.9. The minimum Gasteiger partial charge on any atom is -0.354 e. The Morgan fingerprint density at radius 2 is 2.44 bits per heavy atom. The average Bonchev–Trinajstić information content (AvgIpc) is 2.81. The second-order valence-corrected chi connectivity index (χ2v) is 5.99. The lowest BCUT2D eigenvalue weighted by Crippen LogP contribution is -2.38. The van der Waals surface area contributed by atoms with Crippen LogP contribution in [0.15, 0.2) is 16.7 Å². The minimum absolute atomic E-state index is 0.584. The summed E-state index contributed by atoms with van der Waals surface area (Å²) in [7, 11) is 0. The monoisotopic (exact) mass is 331 g/mol. The smallest absolute Gasteiger partial charge is 0.143 e. The van der Waals surface area contributed by atoms with Gasteiger partial charge in [-0.3, -0.25) is 0 Å². The van der Waals surface area contributed by atoms with E-state index in [0.29, 0.717) is 11.1 Å². The Labute approximate surface area is 122 Å². The van der Waals surface area contributed by atoms with Crippen LogP contribution in [0.1, 0.15) is 26.2 Å². The van der Waals surface area contributed by atoms with Crippen molar-refractivity contribution in [3.63, 3.8) is 0 Å². The molecule has 1 aromatic rings. The fourth-order valence-corrected chi connectivity index (χ4v) is 3.26. The van der Waals surface area contributed by atoms with Crippen molar-refractivity contribution < 1.29 is 0 Å². The van der Waals surface area contributed by atoms with Gasteiger partial charge in [0.15, 0.2) is 0 Å². The van der Waals surface area contributed by atoms with Crippen molar-refractivity contribution in [2.45, 2.75) is 32.2 Å². The molecule has 1 N–H and O–H groups in total. The van der Waals surface area contributed by atoms with Crippen molar-refractivity contribution in [3.05, 3.63) is 21.8 Å². The summed E-state index contributed by atoms with van der Waals surface area (Å²) in [5, 5.41) is 4.20. The van der Waals surface area contributed by atoms with E-state index in [1.807, 2.05) is 6.07 Å². The zero-order valence-corrected chi connectivity index (χ0v) is 13.0. The largest absolute Gasteiger partial charge is 0.354 e. The number of pyridine rings is 1. The third-order valence-electron chi connectivity index (χ3n) is 3.18. The Bertz CT molecular complexity index is 394. The van der Waals surface area contributed by atoms with Gasteiger partial charge in [0.2, 0.25) is 0 Å². The van der Waals surface area contributed by atoms with Crippen LogP contribution in [0.4, 0.5) is 5.82 Å². The Hall–Kier alpha value is -0.320. The molecule has 1 aromatic heterocycles. The van der Waals surface area contributed by atoms with Gasteiger partial charge in [-0.25, -0.2) is 4.98 Å². The minimum atomic E-state index is 0.584. The van der Waals surface area contributed by atoms with E-state index in [1.165, 1.54) is 12.8 Å². The fourth-order valence-electron chi connectivity index (χ4n) is 2.37. The number of nitrogens with one attached hydrogen (secondary N) is 1. The van der Waals surface area contributed by atoms with E-state index in [2.05, 4.69) is 38.1 Å². The molecule has 1 aliphatic rings. The third kappa shape index (κ3) is 3.59. The Kier molecular flexibility index (Phi) is 5.27. The Balaban J connectivity index is 2.12. The molecule has 5 heteroatoms. The predicted octanol–water partition coefficient (Wildman–Crippen LogP) is 3.47. The highest BCUT2D eigenvalue weighted by Gasteiger charge is 2.19. The molecule has 0 radical (unpaired) electrons. The summed E-state index contributed by atoms with van der Waals surface area (Å²) in [6.07, 6.45) is 5.36. The fraction of sp³-hybridized carbons (Fsp3) is 0.615. The molecule has 0 saturated carbocycles. The summed E-state index contributed by atoms with van der Waals surface area (Å²) in [5.74, 6) is 0.995. The lowest BCUT2D eigenvalue weighted by molar-refractivity contribution is 0.575.